The van der Waals surface area contributed by atoms with Crippen LogP contribution in [0, 0.1) is 0 Å². The molecule has 0 bridgehead atoms. The summed E-state index contributed by atoms with van der Waals surface area (Å²) in [6.07, 6.45) is 0. The molecule has 5 rings (SSSR count). The SMILES string of the molecule is NC(=O)Nc1cc(Nc2nc(Cl)nc(Nc3cccc(SOC(=O)CSOOO)c3)n2)ccc1N=Nc1cc2c(S(=O)(=O)O)cc(S(=O)(=O)O)cc2cc1SOOO. The van der Waals surface area contributed by atoms with Crippen LogP contribution < -0.4 is 21.7 Å². The van der Waals surface area contributed by atoms with Crippen molar-refractivity contribution >= 4 is 131 Å². The molecule has 0 fully saturated rings. The average molecular weight is 920 g/mol. The van der Waals surface area contributed by atoms with Crippen molar-refractivity contribution in [1.29, 1.82) is 0 Å². The van der Waals surface area contributed by atoms with E-state index in [1.807, 2.05) is 0 Å². The van der Waals surface area contributed by atoms with E-state index in [2.05, 4.69) is 59.9 Å². The molecule has 1 heterocycles. The summed E-state index contributed by atoms with van der Waals surface area (Å²) in [5, 5.41) is 39.7. The van der Waals surface area contributed by atoms with Crippen LogP contribution in [0.4, 0.5) is 45.1 Å². The lowest BCUT2D eigenvalue weighted by Crippen LogP contribution is -2.19. The predicted octanol–water partition coefficient (Wildman–Crippen LogP) is 6.61. The molecule has 0 spiro atoms. The van der Waals surface area contributed by atoms with Gasteiger partial charge in [0.25, 0.3) is 20.2 Å². The fraction of sp³-hybridized carbons (Fsp3) is 0.0357. The predicted molar refractivity (Wildman–Crippen MR) is 205 cm³/mol. The molecule has 58 heavy (non-hydrogen) atoms. The summed E-state index contributed by atoms with van der Waals surface area (Å²) in [5.74, 6) is -1.02. The van der Waals surface area contributed by atoms with Crippen LogP contribution in [0.2, 0.25) is 5.28 Å². The number of urea groups is 1. The first-order chi connectivity index (χ1) is 27.5. The molecule has 0 aliphatic carbocycles. The standard InChI is InChI=1S/C28H22ClN9O15S5/c29-25-34-27(31-14-2-1-3-16(8-14)55-49-24(39)12-54-52-50-41)36-28(35-25)32-15-4-5-19(20(9-15)33-26(30)40)37-38-21-11-18-13(7-22(21)56-53-51-42)6-17(57(43,44)45)10-23(18)58(46,47)48/h1-11,41-42H,12H2,(H3,30,33,40)(H,43,44,45)(H,46,47,48)(H2,31,32,34,35,36). The summed E-state index contributed by atoms with van der Waals surface area (Å²) in [4.78, 5) is 34.8. The van der Waals surface area contributed by atoms with Crippen molar-refractivity contribution in [2.24, 2.45) is 16.0 Å². The van der Waals surface area contributed by atoms with Crippen molar-refractivity contribution in [2.75, 3.05) is 21.7 Å². The third-order valence-corrected chi connectivity index (χ3v) is 10.4. The number of nitrogens with two attached hydrogens (primary N) is 1. The molecule has 5 aromatic rings. The number of fused-ring (bicyclic) bond motifs is 1. The Hall–Kier alpha value is -4.99. The zero-order valence-electron chi connectivity index (χ0n) is 28.1. The number of aromatic nitrogens is 3. The van der Waals surface area contributed by atoms with Gasteiger partial charge in [0.1, 0.15) is 22.0 Å². The van der Waals surface area contributed by atoms with E-state index in [1.165, 1.54) is 18.2 Å². The number of carbonyl (C=O) groups is 2. The van der Waals surface area contributed by atoms with Crippen molar-refractivity contribution in [3.8, 4) is 0 Å². The van der Waals surface area contributed by atoms with Gasteiger partial charge in [-0.05, 0) is 77.7 Å². The maximum atomic E-state index is 12.2. The average Bonchev–Trinajstić information content (AvgIpc) is 3.14. The van der Waals surface area contributed by atoms with E-state index in [9.17, 15) is 35.5 Å². The smallest absolute Gasteiger partial charge is 0.330 e. The van der Waals surface area contributed by atoms with Gasteiger partial charge in [0.15, 0.2) is 0 Å². The van der Waals surface area contributed by atoms with Crippen molar-refractivity contribution in [3.05, 3.63) is 72.0 Å². The Labute approximate surface area is 342 Å². The Morgan fingerprint density at radius 2 is 1.50 bits per heavy atom. The second-order valence-electron chi connectivity index (χ2n) is 10.5. The van der Waals surface area contributed by atoms with Gasteiger partial charge in [0, 0.05) is 28.8 Å². The number of halogens is 1. The summed E-state index contributed by atoms with van der Waals surface area (Å²) < 4.78 is 81.1. The van der Waals surface area contributed by atoms with Crippen molar-refractivity contribution < 1.29 is 69.0 Å². The first-order valence-electron chi connectivity index (χ1n) is 14.9. The highest BCUT2D eigenvalue weighted by Crippen LogP contribution is 2.40. The fourth-order valence-electron chi connectivity index (χ4n) is 4.48. The molecule has 0 unspecified atom stereocenters. The topological polar surface area (TPSA) is 355 Å². The van der Waals surface area contributed by atoms with Gasteiger partial charge in [-0.25, -0.2) is 15.3 Å². The summed E-state index contributed by atoms with van der Waals surface area (Å²) in [7, 11) is -10.0. The molecule has 1 aromatic heterocycles. The van der Waals surface area contributed by atoms with Crippen molar-refractivity contribution in [2.45, 2.75) is 19.6 Å². The van der Waals surface area contributed by atoms with Gasteiger partial charge < -0.3 is 25.9 Å². The molecule has 30 heteroatoms. The van der Waals surface area contributed by atoms with Gasteiger partial charge in [0.2, 0.25) is 17.2 Å². The molecule has 0 aliphatic rings. The van der Waals surface area contributed by atoms with Gasteiger partial charge in [-0.3, -0.25) is 13.9 Å². The number of anilines is 5. The van der Waals surface area contributed by atoms with E-state index in [-0.39, 0.29) is 61.4 Å². The minimum Gasteiger partial charge on any atom is -0.385 e. The Morgan fingerprint density at radius 3 is 2.16 bits per heavy atom. The quantitative estimate of drug-likeness (QED) is 0.0114. The lowest BCUT2D eigenvalue weighted by Gasteiger charge is -2.12. The molecule has 0 radical (unpaired) electrons. The van der Waals surface area contributed by atoms with E-state index in [4.69, 9.17) is 32.0 Å². The number of azo groups is 1. The normalized spacial score (nSPS) is 11.8. The number of primary amides is 1. The van der Waals surface area contributed by atoms with Crippen LogP contribution in [0.5, 0.6) is 0 Å². The Kier molecular flexibility index (Phi) is 14.9. The van der Waals surface area contributed by atoms with Gasteiger partial charge in [0.05, 0.1) is 44.5 Å². The Bertz CT molecular complexity index is 2610. The third-order valence-electron chi connectivity index (χ3n) is 6.66. The van der Waals surface area contributed by atoms with Gasteiger partial charge in [-0.1, -0.05) is 16.1 Å². The monoisotopic (exact) mass is 919 g/mol. The molecule has 24 nitrogen and oxygen atoms in total. The number of nitrogens with zero attached hydrogens (tertiary/aromatic N) is 5. The second kappa shape index (κ2) is 19.6. The number of benzene rings is 4. The summed E-state index contributed by atoms with van der Waals surface area (Å²) in [6.45, 7) is 0. The number of carbonyl (C=O) groups excluding carboxylic acids is 2. The van der Waals surface area contributed by atoms with Crippen LogP contribution in [0.15, 0.2) is 96.5 Å². The number of nitrogens with one attached hydrogen (secondary N) is 3. The van der Waals surface area contributed by atoms with Gasteiger partial charge in [-0.2, -0.15) is 31.8 Å². The zero-order valence-corrected chi connectivity index (χ0v) is 32.9. The minimum atomic E-state index is -5.08. The summed E-state index contributed by atoms with van der Waals surface area (Å²) in [6, 6.07) is 13.4. The maximum absolute atomic E-state index is 12.2. The molecule has 4 aromatic carbocycles. The first-order valence-corrected chi connectivity index (χ1v) is 20.5. The molecule has 0 aliphatic heterocycles. The largest absolute Gasteiger partial charge is 0.385 e. The second-order valence-corrected chi connectivity index (χ2v) is 15.9. The van der Waals surface area contributed by atoms with E-state index in [0.717, 1.165) is 30.2 Å². The highest BCUT2D eigenvalue weighted by Gasteiger charge is 2.22. The number of hydrogen-bond donors (Lipinski definition) is 8. The first kappa shape index (κ1) is 44.1. The highest BCUT2D eigenvalue weighted by molar-refractivity contribution is 7.96. The minimum absolute atomic E-state index is 0.00824. The lowest BCUT2D eigenvalue weighted by atomic mass is 10.1. The molecule has 0 saturated carbocycles. The van der Waals surface area contributed by atoms with Gasteiger partial charge >= 0.3 is 12.0 Å². The number of rotatable bonds is 18. The van der Waals surface area contributed by atoms with Crippen LogP contribution >= 0.6 is 47.7 Å². The van der Waals surface area contributed by atoms with Crippen LogP contribution in [-0.4, -0.2) is 69.2 Å². The molecule has 2 amide bonds. The molecular formula is C28H22ClN9O15S5. The van der Waals surface area contributed by atoms with Crippen LogP contribution in [-0.2, 0) is 48.0 Å². The van der Waals surface area contributed by atoms with Crippen LogP contribution in [0.3, 0.4) is 0 Å². The van der Waals surface area contributed by atoms with E-state index < -0.39 is 42.0 Å². The highest BCUT2D eigenvalue weighted by atomic mass is 35.5. The molecular weight excluding hydrogens is 898 g/mol. The van der Waals surface area contributed by atoms with E-state index in [1.54, 1.807) is 24.3 Å². The van der Waals surface area contributed by atoms with Crippen LogP contribution in [0.1, 0.15) is 0 Å². The van der Waals surface area contributed by atoms with Crippen molar-refractivity contribution in [3.63, 3.8) is 0 Å². The van der Waals surface area contributed by atoms with Crippen LogP contribution in [0.25, 0.3) is 10.8 Å². The summed E-state index contributed by atoms with van der Waals surface area (Å²) >= 11 is 7.76. The zero-order chi connectivity index (χ0) is 42.0. The lowest BCUT2D eigenvalue weighted by molar-refractivity contribution is -0.432. The molecule has 306 valence electrons. The molecule has 9 N–H and O–H groups in total. The number of hydrogen-bond acceptors (Lipinski definition) is 23. The van der Waals surface area contributed by atoms with E-state index in [0.29, 0.717) is 40.7 Å². The van der Waals surface area contributed by atoms with Gasteiger partial charge in [-0.15, -0.1) is 18.9 Å². The molecule has 0 atom stereocenters. The maximum Gasteiger partial charge on any atom is 0.330 e. The summed E-state index contributed by atoms with van der Waals surface area (Å²) in [5.41, 5.74) is 5.87. The third kappa shape index (κ3) is 12.5. The van der Waals surface area contributed by atoms with Crippen molar-refractivity contribution in [1.82, 2.24) is 15.0 Å². The Balaban J connectivity index is 1.41. The number of amides is 2. The molecule has 0 saturated heterocycles. The fourth-order valence-corrected chi connectivity index (χ4v) is 7.33. The van der Waals surface area contributed by atoms with E-state index >= 15 is 0 Å². The Morgan fingerprint density at radius 1 is 0.810 bits per heavy atom.